The minimum Gasteiger partial charge on any atom is -0.368 e. The van der Waals surface area contributed by atoms with E-state index in [1.807, 2.05) is 6.92 Å². The molecule has 6 heteroatoms. The van der Waals surface area contributed by atoms with Gasteiger partial charge in [-0.15, -0.1) is 10.2 Å². The molecule has 2 heterocycles. The molecular weight excluding hydrogens is 202 g/mol. The van der Waals surface area contributed by atoms with Gasteiger partial charge in [0, 0.05) is 6.61 Å². The highest BCUT2D eigenvalue weighted by atomic mass is 32.1. The van der Waals surface area contributed by atoms with Gasteiger partial charge in [0.2, 0.25) is 5.13 Å². The van der Waals surface area contributed by atoms with E-state index >= 15 is 0 Å². The van der Waals surface area contributed by atoms with Crippen molar-refractivity contribution in [2.75, 3.05) is 11.9 Å². The summed E-state index contributed by atoms with van der Waals surface area (Å²) in [6, 6.07) is 0. The standard InChI is InChI=1S/C8H11N3O2S/c1-5-10-11-8(14-5)9-7(12)6-3-2-4-13-6/h6H,2-4H2,1H3,(H,9,11,12)/t6-/m0/s1. The molecule has 0 aromatic carbocycles. The largest absolute Gasteiger partial charge is 0.368 e. The van der Waals surface area contributed by atoms with Crippen molar-refractivity contribution in [2.45, 2.75) is 25.9 Å². The summed E-state index contributed by atoms with van der Waals surface area (Å²) < 4.78 is 5.24. The molecule has 0 spiro atoms. The number of hydrogen-bond acceptors (Lipinski definition) is 5. The molecule has 0 bridgehead atoms. The molecule has 76 valence electrons. The number of nitrogens with zero attached hydrogens (tertiary/aromatic N) is 2. The van der Waals surface area contributed by atoms with E-state index in [0.717, 1.165) is 17.8 Å². The molecule has 1 amide bonds. The quantitative estimate of drug-likeness (QED) is 0.794. The molecule has 2 rings (SSSR count). The Balaban J connectivity index is 1.93. The molecule has 1 atom stereocenters. The number of hydrogen-bond donors (Lipinski definition) is 1. The fourth-order valence-electron chi connectivity index (χ4n) is 1.32. The molecule has 1 aromatic rings. The molecule has 0 radical (unpaired) electrons. The number of aromatic nitrogens is 2. The lowest BCUT2D eigenvalue weighted by atomic mass is 10.2. The van der Waals surface area contributed by atoms with Crippen LogP contribution in [0.25, 0.3) is 0 Å². The fraction of sp³-hybridized carbons (Fsp3) is 0.625. The summed E-state index contributed by atoms with van der Waals surface area (Å²) in [5.74, 6) is -0.112. The van der Waals surface area contributed by atoms with Crippen molar-refractivity contribution in [1.29, 1.82) is 0 Å². The van der Waals surface area contributed by atoms with Gasteiger partial charge in [0.25, 0.3) is 5.91 Å². The molecule has 1 aromatic heterocycles. The first-order valence-electron chi connectivity index (χ1n) is 4.48. The fourth-order valence-corrected chi connectivity index (χ4v) is 1.91. The van der Waals surface area contributed by atoms with Gasteiger partial charge < -0.3 is 4.74 Å². The maximum Gasteiger partial charge on any atom is 0.255 e. The summed E-state index contributed by atoms with van der Waals surface area (Å²) >= 11 is 1.37. The van der Waals surface area contributed by atoms with E-state index in [1.165, 1.54) is 11.3 Å². The number of carbonyl (C=O) groups excluding carboxylic acids is 1. The van der Waals surface area contributed by atoms with Crippen molar-refractivity contribution in [3.63, 3.8) is 0 Å². The topological polar surface area (TPSA) is 64.1 Å². The van der Waals surface area contributed by atoms with Crippen LogP contribution in [-0.4, -0.2) is 28.8 Å². The van der Waals surface area contributed by atoms with Crippen LogP contribution in [0.5, 0.6) is 0 Å². The van der Waals surface area contributed by atoms with Crippen LogP contribution in [0.3, 0.4) is 0 Å². The van der Waals surface area contributed by atoms with Crippen LogP contribution in [-0.2, 0) is 9.53 Å². The average Bonchev–Trinajstić information content (AvgIpc) is 2.75. The Labute approximate surface area is 85.5 Å². The van der Waals surface area contributed by atoms with E-state index < -0.39 is 0 Å². The van der Waals surface area contributed by atoms with Crippen molar-refractivity contribution >= 4 is 22.4 Å². The maximum atomic E-state index is 11.5. The van der Waals surface area contributed by atoms with Gasteiger partial charge in [0.05, 0.1) is 0 Å². The predicted molar refractivity (Wildman–Crippen MR) is 52.2 cm³/mol. The van der Waals surface area contributed by atoms with Gasteiger partial charge in [-0.1, -0.05) is 11.3 Å². The minimum absolute atomic E-state index is 0.112. The van der Waals surface area contributed by atoms with E-state index in [0.29, 0.717) is 11.7 Å². The summed E-state index contributed by atoms with van der Waals surface area (Å²) in [5.41, 5.74) is 0. The molecule has 0 unspecified atom stereocenters. The molecule has 1 aliphatic heterocycles. The van der Waals surface area contributed by atoms with Crippen LogP contribution < -0.4 is 5.32 Å². The third-order valence-corrected chi connectivity index (χ3v) is 2.73. The lowest BCUT2D eigenvalue weighted by Gasteiger charge is -2.06. The van der Waals surface area contributed by atoms with E-state index in [4.69, 9.17) is 4.74 Å². The molecule has 5 nitrogen and oxygen atoms in total. The van der Waals surface area contributed by atoms with E-state index in [2.05, 4.69) is 15.5 Å². The minimum atomic E-state index is -0.306. The summed E-state index contributed by atoms with van der Waals surface area (Å²) in [7, 11) is 0. The molecule has 1 saturated heterocycles. The van der Waals surface area contributed by atoms with Crippen molar-refractivity contribution < 1.29 is 9.53 Å². The molecule has 0 saturated carbocycles. The van der Waals surface area contributed by atoms with Gasteiger partial charge in [0.1, 0.15) is 11.1 Å². The Morgan fingerprint density at radius 3 is 3.07 bits per heavy atom. The summed E-state index contributed by atoms with van der Waals surface area (Å²) in [5, 5.41) is 11.7. The number of ether oxygens (including phenoxy) is 1. The Morgan fingerprint density at radius 2 is 2.50 bits per heavy atom. The maximum absolute atomic E-state index is 11.5. The second kappa shape index (κ2) is 4.02. The molecule has 1 N–H and O–H groups in total. The monoisotopic (exact) mass is 213 g/mol. The number of aryl methyl sites for hydroxylation is 1. The molecule has 1 aliphatic rings. The predicted octanol–water partition coefficient (Wildman–Crippen LogP) is 0.964. The van der Waals surface area contributed by atoms with E-state index in [-0.39, 0.29) is 12.0 Å². The highest BCUT2D eigenvalue weighted by Gasteiger charge is 2.24. The van der Waals surface area contributed by atoms with E-state index in [1.54, 1.807) is 0 Å². The van der Waals surface area contributed by atoms with Gasteiger partial charge in [-0.05, 0) is 19.8 Å². The highest BCUT2D eigenvalue weighted by Crippen LogP contribution is 2.17. The summed E-state index contributed by atoms with van der Waals surface area (Å²) in [6.07, 6.45) is 1.44. The van der Waals surface area contributed by atoms with Crippen LogP contribution in [0.4, 0.5) is 5.13 Å². The number of amides is 1. The van der Waals surface area contributed by atoms with Gasteiger partial charge >= 0.3 is 0 Å². The first kappa shape index (κ1) is 9.54. The van der Waals surface area contributed by atoms with Crippen LogP contribution in [0, 0.1) is 6.92 Å². The Hall–Kier alpha value is -1.01. The van der Waals surface area contributed by atoms with Gasteiger partial charge in [0.15, 0.2) is 0 Å². The number of carbonyl (C=O) groups is 1. The van der Waals surface area contributed by atoms with E-state index in [9.17, 15) is 4.79 Å². The number of nitrogens with one attached hydrogen (secondary N) is 1. The Morgan fingerprint density at radius 1 is 1.64 bits per heavy atom. The lowest BCUT2D eigenvalue weighted by Crippen LogP contribution is -2.26. The van der Waals surface area contributed by atoms with Gasteiger partial charge in [-0.25, -0.2) is 0 Å². The van der Waals surface area contributed by atoms with Gasteiger partial charge in [-0.3, -0.25) is 10.1 Å². The Kier molecular flexibility index (Phi) is 2.74. The van der Waals surface area contributed by atoms with Crippen molar-refractivity contribution in [2.24, 2.45) is 0 Å². The molecule has 14 heavy (non-hydrogen) atoms. The zero-order valence-electron chi connectivity index (χ0n) is 7.82. The van der Waals surface area contributed by atoms with Crippen molar-refractivity contribution in [1.82, 2.24) is 10.2 Å². The highest BCUT2D eigenvalue weighted by molar-refractivity contribution is 7.15. The molecular formula is C8H11N3O2S. The third kappa shape index (κ3) is 2.08. The third-order valence-electron chi connectivity index (χ3n) is 1.98. The average molecular weight is 213 g/mol. The first-order valence-corrected chi connectivity index (χ1v) is 5.30. The SMILES string of the molecule is Cc1nnc(NC(=O)[C@@H]2CCCO2)s1. The first-order chi connectivity index (χ1) is 6.75. The van der Waals surface area contributed by atoms with Gasteiger partial charge in [-0.2, -0.15) is 0 Å². The lowest BCUT2D eigenvalue weighted by molar-refractivity contribution is -0.124. The summed E-state index contributed by atoms with van der Waals surface area (Å²) in [6.45, 7) is 2.52. The molecule has 1 fully saturated rings. The second-order valence-corrected chi connectivity index (χ2v) is 4.30. The van der Waals surface area contributed by atoms with Crippen molar-refractivity contribution in [3.8, 4) is 0 Å². The van der Waals surface area contributed by atoms with Crippen LogP contribution in [0.1, 0.15) is 17.8 Å². The zero-order chi connectivity index (χ0) is 9.97. The zero-order valence-corrected chi connectivity index (χ0v) is 8.63. The van der Waals surface area contributed by atoms with Crippen molar-refractivity contribution in [3.05, 3.63) is 5.01 Å². The number of rotatable bonds is 2. The second-order valence-electron chi connectivity index (χ2n) is 3.12. The molecule has 0 aliphatic carbocycles. The Bertz CT molecular complexity index is 333. The normalized spacial score (nSPS) is 21.1. The smallest absolute Gasteiger partial charge is 0.255 e. The number of anilines is 1. The van der Waals surface area contributed by atoms with Crippen LogP contribution >= 0.6 is 11.3 Å². The summed E-state index contributed by atoms with van der Waals surface area (Å²) in [4.78, 5) is 11.5. The van der Waals surface area contributed by atoms with Crippen LogP contribution in [0.15, 0.2) is 0 Å². The van der Waals surface area contributed by atoms with Crippen LogP contribution in [0.2, 0.25) is 0 Å².